The number of hydrogen-bond donors (Lipinski definition) is 1. The monoisotopic (exact) mass is 311 g/mol. The Hall–Kier alpha value is -0.650. The minimum absolute atomic E-state index is 0.219. The predicted molar refractivity (Wildman–Crippen MR) is 88.8 cm³/mol. The summed E-state index contributed by atoms with van der Waals surface area (Å²) >= 11 is 0. The molecule has 0 aromatic carbocycles. The number of aliphatic hydroxyl groups excluding tert-OH is 1. The molecule has 5 nitrogen and oxygen atoms in total. The van der Waals surface area contributed by atoms with Gasteiger partial charge in [-0.05, 0) is 32.1 Å². The van der Waals surface area contributed by atoms with Crippen LogP contribution < -0.4 is 0 Å². The van der Waals surface area contributed by atoms with E-state index in [-0.39, 0.29) is 12.0 Å². The van der Waals surface area contributed by atoms with Crippen molar-refractivity contribution in [3.05, 3.63) is 0 Å². The Morgan fingerprint density at radius 2 is 1.91 bits per heavy atom. The lowest BCUT2D eigenvalue weighted by Gasteiger charge is -2.43. The molecule has 2 rings (SSSR count). The smallest absolute Gasteiger partial charge is 0.219 e. The molecule has 22 heavy (non-hydrogen) atoms. The van der Waals surface area contributed by atoms with E-state index < -0.39 is 0 Å². The molecule has 2 aliphatic heterocycles. The highest BCUT2D eigenvalue weighted by Crippen LogP contribution is 2.21. The molecule has 0 aromatic rings. The van der Waals surface area contributed by atoms with E-state index in [4.69, 9.17) is 0 Å². The van der Waals surface area contributed by atoms with Crippen LogP contribution in [0.25, 0.3) is 0 Å². The summed E-state index contributed by atoms with van der Waals surface area (Å²) in [7, 11) is 0. The zero-order valence-corrected chi connectivity index (χ0v) is 14.5. The van der Waals surface area contributed by atoms with Gasteiger partial charge < -0.3 is 14.9 Å². The standard InChI is InChI=1S/C17H33N3O2/c1-4-17-13-18(9-10-20(17)11-14(2)21)12-16-5-7-19(8-6-16)15(3)22/h14,16-17,21H,4-13H2,1-3H3. The van der Waals surface area contributed by atoms with E-state index in [0.717, 1.165) is 64.4 Å². The van der Waals surface area contributed by atoms with Crippen molar-refractivity contribution < 1.29 is 9.90 Å². The number of rotatable bonds is 5. The van der Waals surface area contributed by atoms with Gasteiger partial charge >= 0.3 is 0 Å². The van der Waals surface area contributed by atoms with Gasteiger partial charge in [0.15, 0.2) is 0 Å². The van der Waals surface area contributed by atoms with Crippen molar-refractivity contribution in [1.29, 1.82) is 0 Å². The van der Waals surface area contributed by atoms with Gasteiger partial charge in [-0.25, -0.2) is 0 Å². The van der Waals surface area contributed by atoms with E-state index in [9.17, 15) is 9.90 Å². The van der Waals surface area contributed by atoms with Crippen molar-refractivity contribution in [2.24, 2.45) is 5.92 Å². The summed E-state index contributed by atoms with van der Waals surface area (Å²) in [6, 6.07) is 0.570. The van der Waals surface area contributed by atoms with E-state index >= 15 is 0 Å². The third kappa shape index (κ3) is 4.93. The van der Waals surface area contributed by atoms with Crippen molar-refractivity contribution in [1.82, 2.24) is 14.7 Å². The summed E-state index contributed by atoms with van der Waals surface area (Å²) in [6.07, 6.45) is 3.19. The number of amides is 1. The van der Waals surface area contributed by atoms with Gasteiger partial charge in [0.25, 0.3) is 0 Å². The number of β-amino-alcohol motifs (C(OH)–C–C–N with tert-alkyl or cyclic N) is 1. The van der Waals surface area contributed by atoms with Crippen LogP contribution in [0.4, 0.5) is 0 Å². The van der Waals surface area contributed by atoms with E-state index in [2.05, 4.69) is 16.7 Å². The van der Waals surface area contributed by atoms with Crippen LogP contribution in [-0.2, 0) is 4.79 Å². The first-order valence-corrected chi connectivity index (χ1v) is 8.89. The first kappa shape index (κ1) is 17.7. The molecule has 0 aliphatic carbocycles. The van der Waals surface area contributed by atoms with Crippen LogP contribution >= 0.6 is 0 Å². The van der Waals surface area contributed by atoms with E-state index in [1.54, 1.807) is 6.92 Å². The fourth-order valence-corrected chi connectivity index (χ4v) is 3.89. The molecule has 2 atom stereocenters. The molecule has 0 saturated carbocycles. The second-order valence-electron chi connectivity index (χ2n) is 7.12. The third-order valence-electron chi connectivity index (χ3n) is 5.24. The Morgan fingerprint density at radius 3 is 2.45 bits per heavy atom. The molecule has 0 spiro atoms. The molecule has 0 bridgehead atoms. The molecular weight excluding hydrogens is 278 g/mol. The molecule has 0 aromatic heterocycles. The quantitative estimate of drug-likeness (QED) is 0.823. The maximum Gasteiger partial charge on any atom is 0.219 e. The van der Waals surface area contributed by atoms with Crippen molar-refractivity contribution in [2.75, 3.05) is 45.8 Å². The average Bonchev–Trinajstić information content (AvgIpc) is 2.49. The largest absolute Gasteiger partial charge is 0.392 e. The zero-order chi connectivity index (χ0) is 16.1. The average molecular weight is 311 g/mol. The van der Waals surface area contributed by atoms with Crippen molar-refractivity contribution in [2.45, 2.75) is 52.2 Å². The molecular formula is C17H33N3O2. The number of piperazine rings is 1. The molecule has 1 N–H and O–H groups in total. The molecule has 2 saturated heterocycles. The van der Waals surface area contributed by atoms with Gasteiger partial charge in [0.05, 0.1) is 6.10 Å². The number of carbonyl (C=O) groups is 1. The Balaban J connectivity index is 1.77. The summed E-state index contributed by atoms with van der Waals surface area (Å²) in [5, 5.41) is 9.63. The Bertz CT molecular complexity index is 354. The van der Waals surface area contributed by atoms with Gasteiger partial charge in [0.1, 0.15) is 0 Å². The van der Waals surface area contributed by atoms with Crippen LogP contribution in [0.3, 0.4) is 0 Å². The second kappa shape index (κ2) is 8.27. The van der Waals surface area contributed by atoms with E-state index in [1.165, 1.54) is 6.54 Å². The maximum absolute atomic E-state index is 11.4. The Morgan fingerprint density at radius 1 is 1.23 bits per heavy atom. The lowest BCUT2D eigenvalue weighted by molar-refractivity contribution is -0.130. The number of nitrogens with zero attached hydrogens (tertiary/aromatic N) is 3. The highest BCUT2D eigenvalue weighted by molar-refractivity contribution is 5.73. The fourth-order valence-electron chi connectivity index (χ4n) is 3.89. The van der Waals surface area contributed by atoms with Gasteiger partial charge in [-0.2, -0.15) is 0 Å². The lowest BCUT2D eigenvalue weighted by Crippen LogP contribution is -2.55. The topological polar surface area (TPSA) is 47.0 Å². The fraction of sp³-hybridized carbons (Fsp3) is 0.941. The van der Waals surface area contributed by atoms with Crippen molar-refractivity contribution in [3.63, 3.8) is 0 Å². The molecule has 128 valence electrons. The normalized spacial score (nSPS) is 27.1. The van der Waals surface area contributed by atoms with Gasteiger partial charge in [0, 0.05) is 58.8 Å². The minimum atomic E-state index is -0.239. The van der Waals surface area contributed by atoms with Crippen molar-refractivity contribution in [3.8, 4) is 0 Å². The number of carbonyl (C=O) groups excluding carboxylic acids is 1. The summed E-state index contributed by atoms with van der Waals surface area (Å²) in [5.41, 5.74) is 0. The molecule has 2 unspecified atom stereocenters. The summed E-state index contributed by atoms with van der Waals surface area (Å²) in [4.78, 5) is 18.4. The Labute approximate surface area is 135 Å². The number of aliphatic hydroxyl groups is 1. The lowest BCUT2D eigenvalue weighted by atomic mass is 9.95. The summed E-state index contributed by atoms with van der Waals surface area (Å²) in [5.74, 6) is 0.952. The van der Waals surface area contributed by atoms with Crippen LogP contribution in [0.5, 0.6) is 0 Å². The molecule has 2 heterocycles. The van der Waals surface area contributed by atoms with Crippen molar-refractivity contribution >= 4 is 5.91 Å². The van der Waals surface area contributed by atoms with Crippen LogP contribution in [0.15, 0.2) is 0 Å². The molecule has 2 fully saturated rings. The zero-order valence-electron chi connectivity index (χ0n) is 14.5. The first-order chi connectivity index (χ1) is 10.5. The Kier molecular flexibility index (Phi) is 6.66. The second-order valence-corrected chi connectivity index (χ2v) is 7.12. The molecule has 1 amide bonds. The van der Waals surface area contributed by atoms with E-state index in [0.29, 0.717) is 6.04 Å². The molecule has 0 radical (unpaired) electrons. The van der Waals surface area contributed by atoms with Crippen LogP contribution in [0.1, 0.15) is 40.0 Å². The third-order valence-corrected chi connectivity index (χ3v) is 5.24. The number of hydrogen-bond acceptors (Lipinski definition) is 4. The highest BCUT2D eigenvalue weighted by Gasteiger charge is 2.29. The van der Waals surface area contributed by atoms with Gasteiger partial charge in [-0.15, -0.1) is 0 Å². The number of piperidine rings is 1. The number of likely N-dealkylation sites (tertiary alicyclic amines) is 1. The minimum Gasteiger partial charge on any atom is -0.392 e. The SMILES string of the molecule is CCC1CN(CC2CCN(C(C)=O)CC2)CCN1CC(C)O. The molecule has 2 aliphatic rings. The maximum atomic E-state index is 11.4. The van der Waals surface area contributed by atoms with Gasteiger partial charge in [-0.1, -0.05) is 6.92 Å². The van der Waals surface area contributed by atoms with Crippen LogP contribution in [-0.4, -0.2) is 83.7 Å². The van der Waals surface area contributed by atoms with Crippen LogP contribution in [0, 0.1) is 5.92 Å². The van der Waals surface area contributed by atoms with E-state index in [1.807, 2.05) is 11.8 Å². The van der Waals surface area contributed by atoms with Crippen LogP contribution in [0.2, 0.25) is 0 Å². The summed E-state index contributed by atoms with van der Waals surface area (Å²) in [6.45, 7) is 12.9. The van der Waals surface area contributed by atoms with Gasteiger partial charge in [0.2, 0.25) is 5.91 Å². The molecule has 5 heteroatoms. The first-order valence-electron chi connectivity index (χ1n) is 8.89. The highest BCUT2D eigenvalue weighted by atomic mass is 16.3. The predicted octanol–water partition coefficient (Wildman–Crippen LogP) is 1.02. The van der Waals surface area contributed by atoms with Gasteiger partial charge in [-0.3, -0.25) is 9.69 Å². The summed E-state index contributed by atoms with van der Waals surface area (Å²) < 4.78 is 0.